The number of benzene rings is 1. The van der Waals surface area contributed by atoms with Crippen molar-refractivity contribution < 1.29 is 29.3 Å². The van der Waals surface area contributed by atoms with Gasteiger partial charge in [0.1, 0.15) is 0 Å². The lowest BCUT2D eigenvalue weighted by Crippen LogP contribution is -2.29. The van der Waals surface area contributed by atoms with Crippen LogP contribution in [0.5, 0.6) is 11.5 Å². The van der Waals surface area contributed by atoms with Crippen LogP contribution in [0.3, 0.4) is 0 Å². The Kier molecular flexibility index (Phi) is 4.53. The molecule has 0 heterocycles. The second-order valence-electron chi connectivity index (χ2n) is 3.65. The molecule has 0 fully saturated rings. The second-order valence-corrected chi connectivity index (χ2v) is 3.65. The van der Waals surface area contributed by atoms with Crippen molar-refractivity contribution >= 4 is 11.9 Å². The fraction of sp³-hybridized carbons (Fsp3) is 0.333. The van der Waals surface area contributed by atoms with Crippen LogP contribution in [0, 0.1) is 0 Å². The average molecular weight is 254 g/mol. The molecule has 1 atom stereocenters. The van der Waals surface area contributed by atoms with Crippen LogP contribution in [0.25, 0.3) is 0 Å². The van der Waals surface area contributed by atoms with Gasteiger partial charge in [-0.15, -0.1) is 0 Å². The fourth-order valence-corrected chi connectivity index (χ4v) is 1.41. The molecule has 0 radical (unpaired) electrons. The largest absolute Gasteiger partial charge is 0.504 e. The minimum atomic E-state index is -1.07. The van der Waals surface area contributed by atoms with Crippen molar-refractivity contribution in [1.29, 1.82) is 0 Å². The van der Waals surface area contributed by atoms with Gasteiger partial charge in [-0.05, 0) is 17.7 Å². The summed E-state index contributed by atoms with van der Waals surface area (Å²) < 4.78 is 9.33. The average Bonchev–Trinajstić information content (AvgIpc) is 2.31. The summed E-state index contributed by atoms with van der Waals surface area (Å²) in [7, 11) is 1.19. The van der Waals surface area contributed by atoms with Gasteiger partial charge in [-0.25, -0.2) is 4.79 Å². The number of phenolic OH excluding ortho intramolecular Hbond substituents is 2. The number of ether oxygens (including phenoxy) is 2. The predicted octanol–water partition coefficient (Wildman–Crippen LogP) is 0.745. The topological polar surface area (TPSA) is 93.1 Å². The minimum absolute atomic E-state index is 0.0556. The molecule has 0 aliphatic rings. The van der Waals surface area contributed by atoms with E-state index in [0.29, 0.717) is 5.56 Å². The molecule has 1 rings (SSSR count). The van der Waals surface area contributed by atoms with Crippen LogP contribution in [-0.2, 0) is 25.5 Å². The van der Waals surface area contributed by atoms with Crippen molar-refractivity contribution in [2.45, 2.75) is 19.4 Å². The van der Waals surface area contributed by atoms with Crippen LogP contribution in [0.2, 0.25) is 0 Å². The molecule has 0 saturated heterocycles. The lowest BCUT2D eigenvalue weighted by molar-refractivity contribution is -0.164. The van der Waals surface area contributed by atoms with Gasteiger partial charge in [0.15, 0.2) is 11.5 Å². The molecule has 6 heteroatoms. The molecule has 0 aliphatic carbocycles. The van der Waals surface area contributed by atoms with Crippen LogP contribution in [-0.4, -0.2) is 35.4 Å². The molecule has 0 spiro atoms. The first-order chi connectivity index (χ1) is 8.43. The Morgan fingerprint density at radius 1 is 1.28 bits per heavy atom. The van der Waals surface area contributed by atoms with E-state index in [9.17, 15) is 14.7 Å². The molecule has 0 amide bonds. The number of hydrogen-bond donors (Lipinski definition) is 2. The molecule has 0 aromatic heterocycles. The van der Waals surface area contributed by atoms with Crippen molar-refractivity contribution in [3.05, 3.63) is 23.8 Å². The van der Waals surface area contributed by atoms with Crippen LogP contribution in [0.15, 0.2) is 18.2 Å². The molecule has 1 unspecified atom stereocenters. The summed E-state index contributed by atoms with van der Waals surface area (Å²) >= 11 is 0. The summed E-state index contributed by atoms with van der Waals surface area (Å²) in [6, 6.07) is 4.08. The van der Waals surface area contributed by atoms with Gasteiger partial charge in [0, 0.05) is 13.3 Å². The monoisotopic (exact) mass is 254 g/mol. The maximum Gasteiger partial charge on any atom is 0.347 e. The van der Waals surface area contributed by atoms with Crippen molar-refractivity contribution in [2.24, 2.45) is 0 Å². The zero-order valence-corrected chi connectivity index (χ0v) is 10.0. The molecule has 0 saturated carbocycles. The van der Waals surface area contributed by atoms with Crippen molar-refractivity contribution in [3.63, 3.8) is 0 Å². The Morgan fingerprint density at radius 2 is 1.94 bits per heavy atom. The first-order valence-corrected chi connectivity index (χ1v) is 5.20. The van der Waals surface area contributed by atoms with Gasteiger partial charge < -0.3 is 19.7 Å². The fourth-order valence-electron chi connectivity index (χ4n) is 1.41. The number of carbonyl (C=O) groups excluding carboxylic acids is 2. The molecule has 0 bridgehead atoms. The van der Waals surface area contributed by atoms with E-state index in [1.54, 1.807) is 0 Å². The number of esters is 2. The van der Waals surface area contributed by atoms with Crippen LogP contribution < -0.4 is 0 Å². The van der Waals surface area contributed by atoms with E-state index >= 15 is 0 Å². The van der Waals surface area contributed by atoms with E-state index in [0.717, 1.165) is 0 Å². The number of methoxy groups -OCH3 is 1. The molecule has 2 N–H and O–H groups in total. The second kappa shape index (κ2) is 5.90. The Hall–Kier alpha value is -2.24. The first-order valence-electron chi connectivity index (χ1n) is 5.20. The Bertz CT molecular complexity index is 454. The highest BCUT2D eigenvalue weighted by molar-refractivity contribution is 5.78. The predicted molar refractivity (Wildman–Crippen MR) is 61.0 cm³/mol. The highest BCUT2D eigenvalue weighted by Crippen LogP contribution is 2.25. The van der Waals surface area contributed by atoms with Crippen LogP contribution >= 0.6 is 0 Å². The Morgan fingerprint density at radius 3 is 2.44 bits per heavy atom. The van der Waals surface area contributed by atoms with Crippen LogP contribution in [0.1, 0.15) is 12.5 Å². The summed E-state index contributed by atoms with van der Waals surface area (Å²) in [4.78, 5) is 22.3. The van der Waals surface area contributed by atoms with Gasteiger partial charge in [-0.2, -0.15) is 0 Å². The zero-order chi connectivity index (χ0) is 13.7. The molecule has 0 aliphatic heterocycles. The van der Waals surface area contributed by atoms with Gasteiger partial charge in [0.2, 0.25) is 6.10 Å². The summed E-state index contributed by atoms with van der Waals surface area (Å²) in [5.41, 5.74) is 0.530. The minimum Gasteiger partial charge on any atom is -0.504 e. The Balaban J connectivity index is 2.85. The molecule has 18 heavy (non-hydrogen) atoms. The smallest absolute Gasteiger partial charge is 0.347 e. The third-order valence-electron chi connectivity index (χ3n) is 2.23. The molecule has 1 aromatic rings. The van der Waals surface area contributed by atoms with E-state index in [4.69, 9.17) is 9.84 Å². The molecule has 1 aromatic carbocycles. The number of phenols is 2. The third-order valence-corrected chi connectivity index (χ3v) is 2.23. The SMILES string of the molecule is COC(=O)C(Cc1ccc(O)c(O)c1)OC(C)=O. The van der Waals surface area contributed by atoms with Crippen LogP contribution in [0.4, 0.5) is 0 Å². The molecule has 98 valence electrons. The molecular formula is C12H14O6. The highest BCUT2D eigenvalue weighted by Gasteiger charge is 2.23. The van der Waals surface area contributed by atoms with Gasteiger partial charge in [-0.1, -0.05) is 6.07 Å². The normalized spacial score (nSPS) is 11.7. The van der Waals surface area contributed by atoms with Gasteiger partial charge in [-0.3, -0.25) is 4.79 Å². The lowest BCUT2D eigenvalue weighted by atomic mass is 10.1. The van der Waals surface area contributed by atoms with Crippen molar-refractivity contribution in [1.82, 2.24) is 0 Å². The van der Waals surface area contributed by atoms with E-state index in [1.165, 1.54) is 32.2 Å². The van der Waals surface area contributed by atoms with E-state index in [2.05, 4.69) is 4.74 Å². The summed E-state index contributed by atoms with van der Waals surface area (Å²) in [6.07, 6.45) is -1.02. The Labute approximate surface area is 104 Å². The number of hydrogen-bond acceptors (Lipinski definition) is 6. The lowest BCUT2D eigenvalue weighted by Gasteiger charge is -2.14. The van der Waals surface area contributed by atoms with E-state index in [-0.39, 0.29) is 17.9 Å². The van der Waals surface area contributed by atoms with E-state index < -0.39 is 18.0 Å². The molecular weight excluding hydrogens is 240 g/mol. The number of rotatable bonds is 4. The zero-order valence-electron chi connectivity index (χ0n) is 10.0. The maximum absolute atomic E-state index is 11.4. The highest BCUT2D eigenvalue weighted by atomic mass is 16.6. The van der Waals surface area contributed by atoms with E-state index in [1.807, 2.05) is 0 Å². The van der Waals surface area contributed by atoms with Gasteiger partial charge in [0.25, 0.3) is 0 Å². The standard InChI is InChI=1S/C12H14O6/c1-7(13)18-11(12(16)17-2)6-8-3-4-9(14)10(15)5-8/h3-5,11,14-15H,6H2,1-2H3. The summed E-state index contributed by atoms with van der Waals surface area (Å²) in [5.74, 6) is -1.86. The third kappa shape index (κ3) is 3.65. The molecule has 6 nitrogen and oxygen atoms in total. The summed E-state index contributed by atoms with van der Waals surface area (Å²) in [5, 5.41) is 18.5. The maximum atomic E-state index is 11.4. The number of carbonyl (C=O) groups is 2. The first kappa shape index (κ1) is 13.8. The van der Waals surface area contributed by atoms with Crippen molar-refractivity contribution in [3.8, 4) is 11.5 Å². The summed E-state index contributed by atoms with van der Waals surface area (Å²) in [6.45, 7) is 1.18. The number of aromatic hydroxyl groups is 2. The quantitative estimate of drug-likeness (QED) is 0.608. The van der Waals surface area contributed by atoms with Gasteiger partial charge in [0.05, 0.1) is 7.11 Å². The van der Waals surface area contributed by atoms with Gasteiger partial charge >= 0.3 is 11.9 Å². The van der Waals surface area contributed by atoms with Crippen molar-refractivity contribution in [2.75, 3.05) is 7.11 Å².